The number of halogens is 9. The van der Waals surface area contributed by atoms with Gasteiger partial charge in [0.05, 0.1) is 16.7 Å². The zero-order valence-electron chi connectivity index (χ0n) is 19.8. The van der Waals surface area contributed by atoms with Crippen molar-refractivity contribution in [2.75, 3.05) is 11.5 Å². The van der Waals surface area contributed by atoms with E-state index in [1.165, 1.54) is 0 Å². The summed E-state index contributed by atoms with van der Waals surface area (Å²) in [5, 5.41) is 20.8. The van der Waals surface area contributed by atoms with Gasteiger partial charge in [-0.15, -0.1) is 0 Å². The van der Waals surface area contributed by atoms with Gasteiger partial charge in [-0.2, -0.15) is 39.5 Å². The van der Waals surface area contributed by atoms with Crippen LogP contribution < -0.4 is 11.5 Å². The molecule has 0 aliphatic carbocycles. The van der Waals surface area contributed by atoms with Crippen molar-refractivity contribution in [2.24, 2.45) is 0 Å². The standard InChI is InChI=1S/C27H17F9N2O2/c28-25(29,30)14-3-1-2-12(10-14)16-11-13(21-19(39)8-6-17(37)23(21)26(31,32)33)4-5-15(16)22-20(40)9-7-18(38)24(22)27(34,35)36/h1-11,39-40H,37-38H2. The molecule has 0 saturated carbocycles. The Morgan fingerprint density at radius 2 is 1.02 bits per heavy atom. The molecule has 0 bridgehead atoms. The average molecular weight is 572 g/mol. The molecule has 0 aliphatic rings. The summed E-state index contributed by atoms with van der Waals surface area (Å²) in [4.78, 5) is 0. The predicted molar refractivity (Wildman–Crippen MR) is 130 cm³/mol. The molecular weight excluding hydrogens is 555 g/mol. The van der Waals surface area contributed by atoms with Crippen molar-refractivity contribution in [3.8, 4) is 44.9 Å². The number of anilines is 2. The first-order valence-corrected chi connectivity index (χ1v) is 11.1. The lowest BCUT2D eigenvalue weighted by Gasteiger charge is -2.22. The molecule has 0 unspecified atom stereocenters. The number of phenols is 2. The lowest BCUT2D eigenvalue weighted by molar-refractivity contribution is -0.138. The fraction of sp³-hybridized carbons (Fsp3) is 0.111. The average Bonchev–Trinajstić information content (AvgIpc) is 2.84. The summed E-state index contributed by atoms with van der Waals surface area (Å²) in [5.41, 5.74) is 1.89. The van der Waals surface area contributed by atoms with E-state index in [1.54, 1.807) is 0 Å². The van der Waals surface area contributed by atoms with Gasteiger partial charge in [-0.1, -0.05) is 24.3 Å². The van der Waals surface area contributed by atoms with Crippen LogP contribution in [0.25, 0.3) is 33.4 Å². The van der Waals surface area contributed by atoms with E-state index < -0.39 is 85.9 Å². The normalized spacial score (nSPS) is 12.5. The maximum Gasteiger partial charge on any atom is 0.419 e. The van der Waals surface area contributed by atoms with Gasteiger partial charge in [-0.25, -0.2) is 0 Å². The third kappa shape index (κ3) is 5.18. The molecule has 0 fully saturated rings. The largest absolute Gasteiger partial charge is 0.507 e. The lowest BCUT2D eigenvalue weighted by atomic mass is 9.86. The fourth-order valence-corrected chi connectivity index (χ4v) is 4.41. The van der Waals surface area contributed by atoms with E-state index in [2.05, 4.69) is 0 Å². The molecular formula is C27H17F9N2O2. The van der Waals surface area contributed by atoms with Crippen molar-refractivity contribution in [3.05, 3.63) is 83.4 Å². The number of aromatic hydroxyl groups is 2. The first-order valence-electron chi connectivity index (χ1n) is 11.1. The van der Waals surface area contributed by atoms with E-state index in [1.807, 2.05) is 0 Å². The second-order valence-corrected chi connectivity index (χ2v) is 8.68. The van der Waals surface area contributed by atoms with Gasteiger partial charge in [0.15, 0.2) is 0 Å². The highest BCUT2D eigenvalue weighted by Crippen LogP contribution is 2.50. The van der Waals surface area contributed by atoms with Gasteiger partial charge in [0.1, 0.15) is 11.5 Å². The molecule has 4 aromatic rings. The SMILES string of the molecule is Nc1ccc(O)c(-c2ccc(-c3c(O)ccc(N)c3C(F)(F)F)c(-c3cccc(C(F)(F)F)c3)c2)c1C(F)(F)F. The minimum atomic E-state index is -5.14. The van der Waals surface area contributed by atoms with Crippen LogP contribution in [-0.2, 0) is 18.5 Å². The van der Waals surface area contributed by atoms with Crippen LogP contribution in [0.3, 0.4) is 0 Å². The number of hydrogen-bond acceptors (Lipinski definition) is 4. The molecule has 4 rings (SSSR count). The van der Waals surface area contributed by atoms with Gasteiger partial charge < -0.3 is 21.7 Å². The Hall–Kier alpha value is -4.55. The summed E-state index contributed by atoms with van der Waals surface area (Å²) in [5.74, 6) is -1.84. The van der Waals surface area contributed by atoms with E-state index in [0.717, 1.165) is 54.6 Å². The second-order valence-electron chi connectivity index (χ2n) is 8.68. The zero-order chi connectivity index (χ0) is 29.8. The van der Waals surface area contributed by atoms with Crippen LogP contribution in [0.1, 0.15) is 16.7 Å². The summed E-state index contributed by atoms with van der Waals surface area (Å²) < 4.78 is 124. The first-order chi connectivity index (χ1) is 18.4. The van der Waals surface area contributed by atoms with Crippen molar-refractivity contribution >= 4 is 11.4 Å². The van der Waals surface area contributed by atoms with Gasteiger partial charge in [-0.05, 0) is 64.7 Å². The van der Waals surface area contributed by atoms with Crippen molar-refractivity contribution < 1.29 is 49.7 Å². The number of hydrogen-bond donors (Lipinski definition) is 4. The molecule has 0 amide bonds. The third-order valence-corrected chi connectivity index (χ3v) is 6.08. The second kappa shape index (κ2) is 9.57. The van der Waals surface area contributed by atoms with Crippen molar-refractivity contribution in [1.29, 1.82) is 0 Å². The highest BCUT2D eigenvalue weighted by Gasteiger charge is 2.40. The van der Waals surface area contributed by atoms with Crippen LogP contribution >= 0.6 is 0 Å². The summed E-state index contributed by atoms with van der Waals surface area (Å²) >= 11 is 0. The number of alkyl halides is 9. The molecule has 0 aliphatic heterocycles. The molecule has 0 heterocycles. The van der Waals surface area contributed by atoms with Gasteiger partial charge in [0, 0.05) is 22.5 Å². The molecule has 0 aromatic heterocycles. The lowest BCUT2D eigenvalue weighted by Crippen LogP contribution is -2.12. The Balaban J connectivity index is 2.15. The Labute approximate surface area is 219 Å². The van der Waals surface area contributed by atoms with Crippen LogP contribution in [0.2, 0.25) is 0 Å². The summed E-state index contributed by atoms with van der Waals surface area (Å²) in [6.07, 6.45) is -15.1. The molecule has 210 valence electrons. The molecule has 0 saturated heterocycles. The van der Waals surface area contributed by atoms with Crippen LogP contribution in [0, 0.1) is 0 Å². The minimum Gasteiger partial charge on any atom is -0.507 e. The highest BCUT2D eigenvalue weighted by atomic mass is 19.4. The number of nitrogen functional groups attached to an aromatic ring is 2. The van der Waals surface area contributed by atoms with Crippen molar-refractivity contribution in [2.45, 2.75) is 18.5 Å². The van der Waals surface area contributed by atoms with Gasteiger partial charge in [0.2, 0.25) is 0 Å². The van der Waals surface area contributed by atoms with E-state index in [9.17, 15) is 49.7 Å². The number of rotatable bonds is 3. The summed E-state index contributed by atoms with van der Waals surface area (Å²) in [6, 6.07) is 9.29. The van der Waals surface area contributed by atoms with Gasteiger partial charge in [0.25, 0.3) is 0 Å². The molecule has 4 aromatic carbocycles. The van der Waals surface area contributed by atoms with E-state index in [0.29, 0.717) is 12.1 Å². The molecule has 13 heteroatoms. The summed E-state index contributed by atoms with van der Waals surface area (Å²) in [6.45, 7) is 0. The molecule has 0 atom stereocenters. The molecule has 4 nitrogen and oxygen atoms in total. The number of nitrogens with two attached hydrogens (primary N) is 2. The monoisotopic (exact) mass is 572 g/mol. The predicted octanol–water partition coefficient (Wildman–Crippen LogP) is 8.32. The van der Waals surface area contributed by atoms with Crippen molar-refractivity contribution in [1.82, 2.24) is 0 Å². The first kappa shape index (κ1) is 28.5. The topological polar surface area (TPSA) is 92.5 Å². The van der Waals surface area contributed by atoms with Gasteiger partial charge >= 0.3 is 18.5 Å². The molecule has 0 radical (unpaired) electrons. The molecule has 40 heavy (non-hydrogen) atoms. The third-order valence-electron chi connectivity index (χ3n) is 6.08. The summed E-state index contributed by atoms with van der Waals surface area (Å²) in [7, 11) is 0. The van der Waals surface area contributed by atoms with E-state index >= 15 is 0 Å². The maximum atomic E-state index is 14.0. The Bertz CT molecular complexity index is 1610. The molecule has 6 N–H and O–H groups in total. The Morgan fingerprint density at radius 1 is 0.500 bits per heavy atom. The smallest absolute Gasteiger partial charge is 0.419 e. The molecule has 0 spiro atoms. The van der Waals surface area contributed by atoms with Crippen LogP contribution in [0.5, 0.6) is 11.5 Å². The fourth-order valence-electron chi connectivity index (χ4n) is 4.41. The van der Waals surface area contributed by atoms with E-state index in [-0.39, 0.29) is 5.56 Å². The van der Waals surface area contributed by atoms with Crippen molar-refractivity contribution in [3.63, 3.8) is 0 Å². The quantitative estimate of drug-likeness (QED) is 0.113. The minimum absolute atomic E-state index is 0.349. The zero-order valence-corrected chi connectivity index (χ0v) is 19.8. The van der Waals surface area contributed by atoms with Gasteiger partial charge in [-0.3, -0.25) is 0 Å². The van der Waals surface area contributed by atoms with Crippen LogP contribution in [0.4, 0.5) is 50.9 Å². The Morgan fingerprint density at radius 3 is 1.55 bits per heavy atom. The van der Waals surface area contributed by atoms with Crippen LogP contribution in [0.15, 0.2) is 66.7 Å². The maximum absolute atomic E-state index is 14.0. The number of phenolic OH excluding ortho intramolecular Hbond substituents is 2. The Kier molecular flexibility index (Phi) is 6.81. The van der Waals surface area contributed by atoms with E-state index in [4.69, 9.17) is 11.5 Å². The number of benzene rings is 4. The highest BCUT2D eigenvalue weighted by molar-refractivity contribution is 5.93. The van der Waals surface area contributed by atoms with Crippen LogP contribution in [-0.4, -0.2) is 10.2 Å².